The summed E-state index contributed by atoms with van der Waals surface area (Å²) in [5.41, 5.74) is 0.347. The third-order valence-electron chi connectivity index (χ3n) is 4.90. The van der Waals surface area contributed by atoms with Crippen LogP contribution in [0.25, 0.3) is 0 Å². The average molecular weight is 376 g/mol. The minimum Gasteiger partial charge on any atom is -0.454 e. The van der Waals surface area contributed by atoms with Crippen LogP contribution in [-0.2, 0) is 14.3 Å². The van der Waals surface area contributed by atoms with Crippen LogP contribution in [0.4, 0.5) is 0 Å². The molecule has 0 saturated heterocycles. The highest BCUT2D eigenvalue weighted by molar-refractivity contribution is 5.96. The molecule has 0 bridgehead atoms. The first-order valence-corrected chi connectivity index (χ1v) is 9.13. The molecule has 1 aromatic rings. The van der Waals surface area contributed by atoms with Crippen molar-refractivity contribution >= 4 is 17.8 Å². The fraction of sp³-hybridized carbons (Fsp3) is 0.526. The molecule has 8 heteroatoms. The zero-order chi connectivity index (χ0) is 19.2. The Bertz CT molecular complexity index is 714. The molecule has 0 spiro atoms. The third kappa shape index (κ3) is 4.90. The molecular weight excluding hydrogens is 352 g/mol. The average Bonchev–Trinajstić information content (AvgIpc) is 3.18. The number of carbonyl (C=O) groups excluding carboxylic acids is 3. The van der Waals surface area contributed by atoms with Gasteiger partial charge in [-0.1, -0.05) is 19.3 Å². The van der Waals surface area contributed by atoms with Crippen LogP contribution in [0.1, 0.15) is 42.5 Å². The number of amides is 2. The van der Waals surface area contributed by atoms with Gasteiger partial charge in [-0.25, -0.2) is 0 Å². The lowest BCUT2D eigenvalue weighted by Gasteiger charge is -2.31. The van der Waals surface area contributed by atoms with Crippen LogP contribution in [0.5, 0.6) is 11.5 Å². The molecule has 0 radical (unpaired) electrons. The number of ether oxygens (including phenoxy) is 3. The van der Waals surface area contributed by atoms with E-state index in [0.29, 0.717) is 17.1 Å². The molecule has 2 aliphatic rings. The van der Waals surface area contributed by atoms with Gasteiger partial charge in [0.25, 0.3) is 11.8 Å². The number of nitrogens with zero attached hydrogens (tertiary/aromatic N) is 1. The Labute approximate surface area is 157 Å². The Morgan fingerprint density at radius 1 is 1.15 bits per heavy atom. The maximum atomic E-state index is 12.2. The van der Waals surface area contributed by atoms with Crippen LogP contribution in [0.15, 0.2) is 18.2 Å². The molecule has 1 fully saturated rings. The summed E-state index contributed by atoms with van der Waals surface area (Å²) in [7, 11) is 1.74. The number of hydrogen-bond acceptors (Lipinski definition) is 6. The third-order valence-corrected chi connectivity index (χ3v) is 4.90. The highest BCUT2D eigenvalue weighted by Gasteiger charge is 2.23. The molecule has 1 N–H and O–H groups in total. The van der Waals surface area contributed by atoms with E-state index in [2.05, 4.69) is 5.32 Å². The lowest BCUT2D eigenvalue weighted by molar-refractivity contribution is -0.151. The quantitative estimate of drug-likeness (QED) is 0.756. The number of fused-ring (bicyclic) bond motifs is 1. The van der Waals surface area contributed by atoms with Gasteiger partial charge in [-0.15, -0.1) is 0 Å². The summed E-state index contributed by atoms with van der Waals surface area (Å²) < 4.78 is 15.4. The number of carbonyl (C=O) groups is 3. The van der Waals surface area contributed by atoms with Crippen molar-refractivity contribution < 1.29 is 28.6 Å². The van der Waals surface area contributed by atoms with Gasteiger partial charge in [-0.2, -0.15) is 0 Å². The van der Waals surface area contributed by atoms with Crippen LogP contribution in [-0.4, -0.2) is 55.7 Å². The minimum atomic E-state index is -0.658. The number of rotatable bonds is 6. The smallest absolute Gasteiger partial charge is 0.325 e. The summed E-state index contributed by atoms with van der Waals surface area (Å²) in [5.74, 6) is -0.254. The summed E-state index contributed by atoms with van der Waals surface area (Å²) in [6.45, 7) is -0.504. The van der Waals surface area contributed by atoms with Gasteiger partial charge >= 0.3 is 5.97 Å². The van der Waals surface area contributed by atoms with Crippen molar-refractivity contribution in [2.75, 3.05) is 27.0 Å². The number of hydrogen-bond donors (Lipinski definition) is 1. The Balaban J connectivity index is 1.40. The topological polar surface area (TPSA) is 94.2 Å². The predicted octanol–water partition coefficient (Wildman–Crippen LogP) is 1.48. The highest BCUT2D eigenvalue weighted by atomic mass is 16.7. The lowest BCUT2D eigenvalue weighted by Crippen LogP contribution is -2.41. The fourth-order valence-electron chi connectivity index (χ4n) is 3.26. The van der Waals surface area contributed by atoms with Gasteiger partial charge in [0, 0.05) is 18.7 Å². The van der Waals surface area contributed by atoms with Gasteiger partial charge in [0.1, 0.15) is 6.54 Å². The molecule has 1 aliphatic heterocycles. The van der Waals surface area contributed by atoms with E-state index >= 15 is 0 Å². The Morgan fingerprint density at radius 2 is 1.89 bits per heavy atom. The van der Waals surface area contributed by atoms with E-state index < -0.39 is 11.9 Å². The number of likely N-dealkylation sites (N-methyl/N-ethyl adjacent to an activating group) is 1. The largest absolute Gasteiger partial charge is 0.454 e. The highest BCUT2D eigenvalue weighted by Crippen LogP contribution is 2.32. The summed E-state index contributed by atoms with van der Waals surface area (Å²) in [6, 6.07) is 4.98. The van der Waals surface area contributed by atoms with Crippen molar-refractivity contribution in [1.82, 2.24) is 10.2 Å². The maximum Gasteiger partial charge on any atom is 0.325 e. The monoisotopic (exact) mass is 376 g/mol. The van der Waals surface area contributed by atoms with Crippen LogP contribution in [0.2, 0.25) is 0 Å². The fourth-order valence-corrected chi connectivity index (χ4v) is 3.26. The van der Waals surface area contributed by atoms with Gasteiger partial charge in [0.15, 0.2) is 18.1 Å². The molecule has 1 aromatic carbocycles. The molecule has 146 valence electrons. The van der Waals surface area contributed by atoms with Crippen molar-refractivity contribution in [2.24, 2.45) is 0 Å². The van der Waals surface area contributed by atoms with Crippen LogP contribution in [0.3, 0.4) is 0 Å². The molecule has 1 heterocycles. The molecule has 1 aliphatic carbocycles. The first-order valence-electron chi connectivity index (χ1n) is 9.13. The molecule has 0 unspecified atom stereocenters. The van der Waals surface area contributed by atoms with Crippen LogP contribution >= 0.6 is 0 Å². The molecule has 0 aromatic heterocycles. The molecule has 1 saturated carbocycles. The second-order valence-electron chi connectivity index (χ2n) is 6.71. The van der Waals surface area contributed by atoms with E-state index in [1.54, 1.807) is 30.1 Å². The first kappa shape index (κ1) is 19.0. The van der Waals surface area contributed by atoms with Gasteiger partial charge in [-0.3, -0.25) is 14.4 Å². The number of esters is 1. The minimum absolute atomic E-state index is 0.121. The second-order valence-corrected chi connectivity index (χ2v) is 6.71. The van der Waals surface area contributed by atoms with Gasteiger partial charge in [0.2, 0.25) is 6.79 Å². The molecule has 8 nitrogen and oxygen atoms in total. The summed E-state index contributed by atoms with van der Waals surface area (Å²) >= 11 is 0. The molecule has 3 rings (SSSR count). The summed E-state index contributed by atoms with van der Waals surface area (Å²) in [6.07, 6.45) is 5.42. The number of benzene rings is 1. The Kier molecular flexibility index (Phi) is 6.16. The lowest BCUT2D eigenvalue weighted by atomic mass is 9.94. The molecule has 2 amide bonds. The summed E-state index contributed by atoms with van der Waals surface area (Å²) in [5, 5.41) is 2.47. The van der Waals surface area contributed by atoms with E-state index in [1.165, 1.54) is 6.42 Å². The first-order chi connectivity index (χ1) is 13.0. The maximum absolute atomic E-state index is 12.2. The van der Waals surface area contributed by atoms with Crippen molar-refractivity contribution in [3.8, 4) is 11.5 Å². The second kappa shape index (κ2) is 8.75. The van der Waals surface area contributed by atoms with Gasteiger partial charge in [-0.05, 0) is 31.0 Å². The zero-order valence-corrected chi connectivity index (χ0v) is 15.4. The van der Waals surface area contributed by atoms with E-state index in [9.17, 15) is 14.4 Å². The van der Waals surface area contributed by atoms with Gasteiger partial charge in [0.05, 0.1) is 0 Å². The van der Waals surface area contributed by atoms with E-state index in [0.717, 1.165) is 25.7 Å². The normalized spacial score (nSPS) is 15.9. The van der Waals surface area contributed by atoms with E-state index in [1.807, 2.05) is 0 Å². The molecular formula is C19H24N2O6. The predicted molar refractivity (Wildman–Crippen MR) is 95.5 cm³/mol. The molecule has 0 atom stereocenters. The standard InChI is InChI=1S/C19H24N2O6/c1-21(14-5-3-2-4-6-14)17(22)11-25-18(23)10-20-19(24)13-7-8-15-16(9-13)27-12-26-15/h7-9,14H,2-6,10-12H2,1H3,(H,20,24). The van der Waals surface area contributed by atoms with Gasteiger partial charge < -0.3 is 24.4 Å². The SMILES string of the molecule is CN(C(=O)COC(=O)CNC(=O)c1ccc2c(c1)OCO2)C1CCCCC1. The Hall–Kier alpha value is -2.77. The van der Waals surface area contributed by atoms with Crippen LogP contribution < -0.4 is 14.8 Å². The van der Waals surface area contributed by atoms with E-state index in [-0.39, 0.29) is 31.9 Å². The van der Waals surface area contributed by atoms with Crippen LogP contribution in [0, 0.1) is 0 Å². The van der Waals surface area contributed by atoms with E-state index in [4.69, 9.17) is 14.2 Å². The number of nitrogens with one attached hydrogen (secondary N) is 1. The zero-order valence-electron chi connectivity index (χ0n) is 15.4. The Morgan fingerprint density at radius 3 is 2.67 bits per heavy atom. The van der Waals surface area contributed by atoms with Crippen molar-refractivity contribution in [3.05, 3.63) is 23.8 Å². The van der Waals surface area contributed by atoms with Crippen molar-refractivity contribution in [3.63, 3.8) is 0 Å². The molecule has 27 heavy (non-hydrogen) atoms. The van der Waals surface area contributed by atoms with Crippen molar-refractivity contribution in [1.29, 1.82) is 0 Å². The van der Waals surface area contributed by atoms with Crippen molar-refractivity contribution in [2.45, 2.75) is 38.1 Å². The summed E-state index contributed by atoms with van der Waals surface area (Å²) in [4.78, 5) is 37.7.